The number of carbonyl (C=O) groups excluding carboxylic acids is 3. The molecule has 4 amide bonds. The van der Waals surface area contributed by atoms with Gasteiger partial charge < -0.3 is 20.4 Å². The standard InChI is InChI=1S/C18H28N4O3S/c1-3-21(4-2)16(23)5-9-19-18(25)20-10-6-17(24)22-11-7-15-14(13-22)8-12-26-15/h8,12H,3-7,9-11,13H2,1-2H3,(H2,19,20,25). The van der Waals surface area contributed by atoms with Crippen LogP contribution in [-0.2, 0) is 22.6 Å². The summed E-state index contributed by atoms with van der Waals surface area (Å²) >= 11 is 1.74. The molecule has 2 rings (SSSR count). The Morgan fingerprint density at radius 2 is 1.85 bits per heavy atom. The summed E-state index contributed by atoms with van der Waals surface area (Å²) in [4.78, 5) is 40.8. The molecule has 0 unspecified atom stereocenters. The number of fused-ring (bicyclic) bond motifs is 1. The lowest BCUT2D eigenvalue weighted by Crippen LogP contribution is -2.41. The molecule has 0 saturated heterocycles. The number of nitrogens with one attached hydrogen (secondary N) is 2. The molecule has 0 aromatic carbocycles. The summed E-state index contributed by atoms with van der Waals surface area (Å²) in [5.74, 6) is 0.0854. The van der Waals surface area contributed by atoms with Crippen molar-refractivity contribution in [1.29, 1.82) is 0 Å². The fourth-order valence-electron chi connectivity index (χ4n) is 2.98. The highest BCUT2D eigenvalue weighted by atomic mass is 32.1. The van der Waals surface area contributed by atoms with Gasteiger partial charge in [-0.3, -0.25) is 9.59 Å². The molecule has 0 atom stereocenters. The van der Waals surface area contributed by atoms with E-state index in [1.807, 2.05) is 18.7 Å². The van der Waals surface area contributed by atoms with Crippen molar-refractivity contribution in [1.82, 2.24) is 20.4 Å². The average molecular weight is 381 g/mol. The molecule has 8 heteroatoms. The minimum absolute atomic E-state index is 0.0309. The van der Waals surface area contributed by atoms with Crippen LogP contribution in [0.3, 0.4) is 0 Å². The van der Waals surface area contributed by atoms with E-state index in [2.05, 4.69) is 22.1 Å². The molecule has 0 spiro atoms. The van der Waals surface area contributed by atoms with Gasteiger partial charge >= 0.3 is 6.03 Å². The maximum Gasteiger partial charge on any atom is 0.314 e. The maximum absolute atomic E-state index is 12.3. The molecule has 0 radical (unpaired) electrons. The minimum Gasteiger partial charge on any atom is -0.343 e. The molecule has 1 aromatic heterocycles. The Hall–Kier alpha value is -2.09. The van der Waals surface area contributed by atoms with Crippen LogP contribution in [0, 0.1) is 0 Å². The lowest BCUT2D eigenvalue weighted by molar-refractivity contribution is -0.132. The second-order valence-corrected chi connectivity index (χ2v) is 7.18. The van der Waals surface area contributed by atoms with Gasteiger partial charge in [0.25, 0.3) is 0 Å². The Labute approximate surface area is 158 Å². The van der Waals surface area contributed by atoms with Crippen LogP contribution in [0.5, 0.6) is 0 Å². The van der Waals surface area contributed by atoms with Crippen molar-refractivity contribution in [2.75, 3.05) is 32.7 Å². The van der Waals surface area contributed by atoms with E-state index < -0.39 is 0 Å². The van der Waals surface area contributed by atoms with Gasteiger partial charge in [-0.2, -0.15) is 0 Å². The lowest BCUT2D eigenvalue weighted by Gasteiger charge is -2.27. The van der Waals surface area contributed by atoms with Crippen LogP contribution in [0.1, 0.15) is 37.1 Å². The first-order valence-electron chi connectivity index (χ1n) is 9.17. The van der Waals surface area contributed by atoms with Crippen molar-refractivity contribution in [3.8, 4) is 0 Å². The molecular formula is C18H28N4O3S. The van der Waals surface area contributed by atoms with Gasteiger partial charge in [-0.15, -0.1) is 11.3 Å². The molecule has 1 aromatic rings. The van der Waals surface area contributed by atoms with Gasteiger partial charge in [0.1, 0.15) is 0 Å². The van der Waals surface area contributed by atoms with Crippen LogP contribution in [-0.4, -0.2) is 60.4 Å². The number of thiophene rings is 1. The van der Waals surface area contributed by atoms with Gasteiger partial charge in [-0.1, -0.05) is 0 Å². The number of hydrogen-bond acceptors (Lipinski definition) is 4. The van der Waals surface area contributed by atoms with Crippen LogP contribution in [0.2, 0.25) is 0 Å². The fraction of sp³-hybridized carbons (Fsp3) is 0.611. The molecule has 1 aliphatic rings. The van der Waals surface area contributed by atoms with Gasteiger partial charge in [0, 0.05) is 57.0 Å². The van der Waals surface area contributed by atoms with Gasteiger partial charge in [-0.25, -0.2) is 4.79 Å². The summed E-state index contributed by atoms with van der Waals surface area (Å²) in [6.45, 7) is 7.20. The van der Waals surface area contributed by atoms with E-state index in [9.17, 15) is 14.4 Å². The van der Waals surface area contributed by atoms with E-state index in [-0.39, 0.29) is 30.7 Å². The summed E-state index contributed by atoms with van der Waals surface area (Å²) in [6, 6.07) is 1.73. The van der Waals surface area contributed by atoms with E-state index in [1.54, 1.807) is 16.2 Å². The van der Waals surface area contributed by atoms with Crippen molar-refractivity contribution in [2.24, 2.45) is 0 Å². The number of urea groups is 1. The lowest BCUT2D eigenvalue weighted by atomic mass is 10.1. The minimum atomic E-state index is -0.344. The molecule has 0 saturated carbocycles. The third-order valence-corrected chi connectivity index (χ3v) is 5.55. The summed E-state index contributed by atoms with van der Waals surface area (Å²) in [7, 11) is 0. The molecule has 1 aliphatic heterocycles. The Morgan fingerprint density at radius 3 is 2.54 bits per heavy atom. The Bertz CT molecular complexity index is 628. The third kappa shape index (κ3) is 5.72. The Kier molecular flexibility index (Phi) is 7.90. The largest absolute Gasteiger partial charge is 0.343 e. The van der Waals surface area contributed by atoms with Crippen LogP contribution in [0.25, 0.3) is 0 Å². The quantitative estimate of drug-likeness (QED) is 0.718. The van der Waals surface area contributed by atoms with E-state index in [4.69, 9.17) is 0 Å². The van der Waals surface area contributed by atoms with Crippen molar-refractivity contribution in [2.45, 2.75) is 39.7 Å². The molecule has 7 nitrogen and oxygen atoms in total. The first kappa shape index (κ1) is 20.2. The molecule has 26 heavy (non-hydrogen) atoms. The fourth-order valence-corrected chi connectivity index (χ4v) is 3.87. The molecule has 0 fully saturated rings. The van der Waals surface area contributed by atoms with E-state index in [1.165, 1.54) is 10.4 Å². The zero-order valence-corrected chi connectivity index (χ0v) is 16.4. The first-order valence-corrected chi connectivity index (χ1v) is 10.1. The molecule has 0 aliphatic carbocycles. The van der Waals surface area contributed by atoms with Crippen LogP contribution >= 0.6 is 11.3 Å². The Balaban J connectivity index is 1.60. The number of carbonyl (C=O) groups is 3. The highest BCUT2D eigenvalue weighted by molar-refractivity contribution is 7.10. The smallest absolute Gasteiger partial charge is 0.314 e. The number of nitrogens with zero attached hydrogens (tertiary/aromatic N) is 2. The number of hydrogen-bond donors (Lipinski definition) is 2. The second kappa shape index (κ2) is 10.2. The zero-order chi connectivity index (χ0) is 18.9. The monoisotopic (exact) mass is 380 g/mol. The maximum atomic E-state index is 12.3. The second-order valence-electron chi connectivity index (χ2n) is 6.18. The van der Waals surface area contributed by atoms with E-state index in [0.29, 0.717) is 32.7 Å². The van der Waals surface area contributed by atoms with Crippen LogP contribution < -0.4 is 10.6 Å². The normalized spacial score (nSPS) is 13.1. The Morgan fingerprint density at radius 1 is 1.15 bits per heavy atom. The van der Waals surface area contributed by atoms with E-state index >= 15 is 0 Å². The van der Waals surface area contributed by atoms with Crippen molar-refractivity contribution in [3.63, 3.8) is 0 Å². The predicted molar refractivity (Wildman–Crippen MR) is 102 cm³/mol. The van der Waals surface area contributed by atoms with Crippen molar-refractivity contribution < 1.29 is 14.4 Å². The van der Waals surface area contributed by atoms with Gasteiger partial charge in [0.15, 0.2) is 0 Å². The molecular weight excluding hydrogens is 352 g/mol. The van der Waals surface area contributed by atoms with E-state index in [0.717, 1.165) is 13.0 Å². The summed E-state index contributed by atoms with van der Waals surface area (Å²) in [5.41, 5.74) is 1.23. The number of rotatable bonds is 8. The van der Waals surface area contributed by atoms with Gasteiger partial charge in [0.05, 0.1) is 0 Å². The zero-order valence-electron chi connectivity index (χ0n) is 15.5. The summed E-state index contributed by atoms with van der Waals surface area (Å²) in [6.07, 6.45) is 1.48. The van der Waals surface area contributed by atoms with Crippen LogP contribution in [0.4, 0.5) is 4.79 Å². The predicted octanol–water partition coefficient (Wildman–Crippen LogP) is 1.58. The SMILES string of the molecule is CCN(CC)C(=O)CCNC(=O)NCCC(=O)N1CCc2sccc2C1. The highest BCUT2D eigenvalue weighted by Gasteiger charge is 2.21. The van der Waals surface area contributed by atoms with Crippen molar-refractivity contribution >= 4 is 29.2 Å². The molecule has 2 heterocycles. The molecule has 2 N–H and O–H groups in total. The average Bonchev–Trinajstić information content (AvgIpc) is 3.10. The summed E-state index contributed by atoms with van der Waals surface area (Å²) in [5, 5.41) is 7.40. The number of amides is 4. The summed E-state index contributed by atoms with van der Waals surface area (Å²) < 4.78 is 0. The van der Waals surface area contributed by atoms with Gasteiger partial charge in [-0.05, 0) is 37.3 Å². The highest BCUT2D eigenvalue weighted by Crippen LogP contribution is 2.24. The van der Waals surface area contributed by atoms with Crippen molar-refractivity contribution in [3.05, 3.63) is 21.9 Å². The molecule has 0 bridgehead atoms. The van der Waals surface area contributed by atoms with Crippen LogP contribution in [0.15, 0.2) is 11.4 Å². The third-order valence-electron chi connectivity index (χ3n) is 4.53. The van der Waals surface area contributed by atoms with Gasteiger partial charge in [0.2, 0.25) is 11.8 Å². The first-order chi connectivity index (χ1) is 12.5. The topological polar surface area (TPSA) is 81.8 Å². The molecule has 144 valence electrons.